The van der Waals surface area contributed by atoms with Gasteiger partial charge in [0.1, 0.15) is 32.6 Å². The molecule has 1 atom stereocenters. The van der Waals surface area contributed by atoms with E-state index in [2.05, 4.69) is 4.99 Å². The molecule has 1 spiro atoms. The minimum absolute atomic E-state index is 0.0283. The lowest BCUT2D eigenvalue weighted by Gasteiger charge is -2.40. The number of rotatable bonds is 0. The van der Waals surface area contributed by atoms with Crippen LogP contribution in [0.4, 0.5) is 8.78 Å². The summed E-state index contributed by atoms with van der Waals surface area (Å²) in [5.41, 5.74) is 4.55. The Balaban J connectivity index is 2.25. The van der Waals surface area contributed by atoms with E-state index in [4.69, 9.17) is 23.1 Å². The zero-order valence-corrected chi connectivity index (χ0v) is 10.7. The topological polar surface area (TPSA) is 56.8 Å². The van der Waals surface area contributed by atoms with Crippen molar-refractivity contribution >= 4 is 19.1 Å². The monoisotopic (exact) mass is 278 g/mol. The molecule has 0 aliphatic carbocycles. The van der Waals surface area contributed by atoms with Crippen LogP contribution >= 0.6 is 0 Å². The maximum atomic E-state index is 14.6. The fourth-order valence-corrected chi connectivity index (χ4v) is 2.70. The van der Waals surface area contributed by atoms with Gasteiger partial charge in [0.25, 0.3) is 5.92 Å². The lowest BCUT2D eigenvalue weighted by Crippen LogP contribution is -2.49. The van der Waals surface area contributed by atoms with Crippen molar-refractivity contribution < 1.29 is 18.3 Å². The Morgan fingerprint density at radius 1 is 1.35 bits per heavy atom. The Hall–Kier alpha value is -1.63. The van der Waals surface area contributed by atoms with Gasteiger partial charge in [-0.1, -0.05) is 17.6 Å². The van der Waals surface area contributed by atoms with E-state index in [1.165, 1.54) is 6.07 Å². The van der Waals surface area contributed by atoms with E-state index in [1.54, 1.807) is 12.1 Å². The van der Waals surface area contributed by atoms with E-state index in [9.17, 15) is 8.78 Å². The van der Waals surface area contributed by atoms with Gasteiger partial charge in [-0.3, -0.25) is 4.99 Å². The Kier molecular flexibility index (Phi) is 2.97. The first-order chi connectivity index (χ1) is 9.45. The van der Waals surface area contributed by atoms with Gasteiger partial charge in [0.15, 0.2) is 5.54 Å². The smallest absolute Gasteiger partial charge is 0.299 e. The number of halogens is 2. The van der Waals surface area contributed by atoms with Crippen LogP contribution in [0.2, 0.25) is 0 Å². The fourth-order valence-electron chi connectivity index (χ4n) is 2.70. The van der Waals surface area contributed by atoms with Crippen LogP contribution in [-0.2, 0) is 10.3 Å². The molecule has 104 valence electrons. The van der Waals surface area contributed by atoms with Crippen molar-refractivity contribution in [3.05, 3.63) is 23.8 Å². The van der Waals surface area contributed by atoms with Crippen molar-refractivity contribution in [1.29, 1.82) is 0 Å². The molecule has 2 N–H and O–H groups in total. The van der Waals surface area contributed by atoms with Crippen LogP contribution in [0.5, 0.6) is 5.75 Å². The van der Waals surface area contributed by atoms with E-state index in [0.29, 0.717) is 11.2 Å². The zero-order valence-electron chi connectivity index (χ0n) is 10.7. The van der Waals surface area contributed by atoms with Gasteiger partial charge in [0.05, 0.1) is 6.61 Å². The minimum Gasteiger partial charge on any atom is -0.493 e. The minimum atomic E-state index is -3.18. The van der Waals surface area contributed by atoms with E-state index in [-0.39, 0.29) is 31.0 Å². The second-order valence-corrected chi connectivity index (χ2v) is 5.01. The molecule has 0 bridgehead atoms. The quantitative estimate of drug-likeness (QED) is 0.702. The zero-order chi connectivity index (χ0) is 14.4. The van der Waals surface area contributed by atoms with Crippen LogP contribution in [0, 0.1) is 0 Å². The molecule has 0 aromatic heterocycles. The Morgan fingerprint density at radius 3 is 2.95 bits per heavy atom. The lowest BCUT2D eigenvalue weighted by molar-refractivity contribution is -0.129. The summed E-state index contributed by atoms with van der Waals surface area (Å²) in [6.07, 6.45) is 0.0283. The van der Waals surface area contributed by atoms with E-state index < -0.39 is 18.1 Å². The van der Waals surface area contributed by atoms with Crippen molar-refractivity contribution in [3.63, 3.8) is 0 Å². The largest absolute Gasteiger partial charge is 0.493 e. The van der Waals surface area contributed by atoms with Crippen LogP contribution in [0.15, 0.2) is 23.2 Å². The third-order valence-corrected chi connectivity index (χ3v) is 3.64. The fraction of sp³-hybridized carbons (Fsp3) is 0.462. The molecule has 7 heteroatoms. The van der Waals surface area contributed by atoms with Gasteiger partial charge in [-0.15, -0.1) is 0 Å². The van der Waals surface area contributed by atoms with Crippen molar-refractivity contribution in [2.45, 2.75) is 17.9 Å². The van der Waals surface area contributed by atoms with Crippen LogP contribution in [-0.4, -0.2) is 39.4 Å². The van der Waals surface area contributed by atoms with E-state index in [0.717, 1.165) is 0 Å². The van der Waals surface area contributed by atoms with Crippen LogP contribution in [0.25, 0.3) is 0 Å². The predicted octanol–water partition coefficient (Wildman–Crippen LogP) is 0.481. The molecule has 2 aliphatic rings. The van der Waals surface area contributed by atoms with E-state index >= 15 is 0 Å². The molecule has 1 aromatic carbocycles. The first-order valence-corrected chi connectivity index (χ1v) is 6.27. The first-order valence-electron chi connectivity index (χ1n) is 6.27. The number of nitrogens with zero attached hydrogens (tertiary/aromatic N) is 1. The predicted molar refractivity (Wildman–Crippen MR) is 71.0 cm³/mol. The maximum Gasteiger partial charge on any atom is 0.299 e. The van der Waals surface area contributed by atoms with Crippen LogP contribution < -0.4 is 15.9 Å². The van der Waals surface area contributed by atoms with Gasteiger partial charge in [0, 0.05) is 12.0 Å². The molecule has 4 nitrogen and oxygen atoms in total. The maximum absolute atomic E-state index is 14.6. The van der Waals surface area contributed by atoms with Gasteiger partial charge in [0.2, 0.25) is 0 Å². The highest BCUT2D eigenvalue weighted by atomic mass is 19.3. The number of fused-ring (bicyclic) bond motifs is 2. The molecule has 0 fully saturated rings. The molecule has 1 aromatic rings. The van der Waals surface area contributed by atoms with Crippen molar-refractivity contribution in [1.82, 2.24) is 0 Å². The number of benzene rings is 1. The summed E-state index contributed by atoms with van der Waals surface area (Å²) in [4.78, 5) is 4.09. The van der Waals surface area contributed by atoms with Gasteiger partial charge < -0.3 is 15.2 Å². The van der Waals surface area contributed by atoms with Gasteiger partial charge in [-0.2, -0.15) is 0 Å². The summed E-state index contributed by atoms with van der Waals surface area (Å²) in [5.74, 6) is -2.76. The second-order valence-electron chi connectivity index (χ2n) is 5.01. The average Bonchev–Trinajstić information content (AvgIpc) is 2.49. The Morgan fingerprint density at radius 2 is 2.15 bits per heavy atom. The second kappa shape index (κ2) is 4.44. The summed E-state index contributed by atoms with van der Waals surface area (Å²) in [7, 11) is 5.72. The molecular formula is C13H13BF2N2O2. The summed E-state index contributed by atoms with van der Waals surface area (Å²) < 4.78 is 39.6. The normalized spacial score (nSPS) is 28.2. The summed E-state index contributed by atoms with van der Waals surface area (Å²) in [5, 5.41) is 0. The molecule has 0 unspecified atom stereocenters. The molecule has 0 amide bonds. The number of amidine groups is 1. The van der Waals surface area contributed by atoms with Crippen LogP contribution in [0.1, 0.15) is 12.0 Å². The molecular weight excluding hydrogens is 265 g/mol. The van der Waals surface area contributed by atoms with Gasteiger partial charge >= 0.3 is 0 Å². The average molecular weight is 278 g/mol. The molecule has 2 heterocycles. The van der Waals surface area contributed by atoms with Crippen LogP contribution in [0.3, 0.4) is 0 Å². The number of nitrogens with two attached hydrogens (primary N) is 1. The number of hydrogen-bond acceptors (Lipinski definition) is 4. The number of hydrogen-bond donors (Lipinski definition) is 1. The third-order valence-electron chi connectivity index (χ3n) is 3.64. The SMILES string of the molecule is [B]c1ccc2c(c1)[C@@]1(CCO2)N=C(N)COCC1(F)F. The highest BCUT2D eigenvalue weighted by Crippen LogP contribution is 2.50. The summed E-state index contributed by atoms with van der Waals surface area (Å²) >= 11 is 0. The van der Waals surface area contributed by atoms with Gasteiger partial charge in [-0.05, 0) is 6.07 Å². The standard InChI is InChI=1S/C13H13BF2N2O2/c14-8-1-2-10-9(5-8)12(3-4-20-10)13(15,16)7-19-6-11(17)18-12/h1-2,5H,3-4,6-7H2,(H2,17,18)/t12-/m1/s1. The molecule has 2 radical (unpaired) electrons. The molecule has 20 heavy (non-hydrogen) atoms. The van der Waals surface area contributed by atoms with Gasteiger partial charge in [-0.25, -0.2) is 8.78 Å². The Bertz CT molecular complexity index is 579. The van der Waals surface area contributed by atoms with E-state index in [1.807, 2.05) is 0 Å². The van der Waals surface area contributed by atoms with Crippen molar-refractivity contribution in [2.75, 3.05) is 19.8 Å². The molecule has 2 aliphatic heterocycles. The number of alkyl halides is 2. The lowest BCUT2D eigenvalue weighted by atomic mass is 9.77. The first kappa shape index (κ1) is 13.4. The highest BCUT2D eigenvalue weighted by Gasteiger charge is 2.58. The molecule has 0 saturated carbocycles. The molecule has 0 saturated heterocycles. The van der Waals surface area contributed by atoms with Crippen molar-refractivity contribution in [2.24, 2.45) is 10.7 Å². The number of ether oxygens (including phenoxy) is 2. The Labute approximate surface area is 116 Å². The van der Waals surface area contributed by atoms with Crippen molar-refractivity contribution in [3.8, 4) is 5.75 Å². The summed E-state index contributed by atoms with van der Waals surface area (Å²) in [6.45, 7) is -0.690. The highest BCUT2D eigenvalue weighted by molar-refractivity contribution is 6.32. The summed E-state index contributed by atoms with van der Waals surface area (Å²) in [6, 6.07) is 4.67. The third kappa shape index (κ3) is 1.88. The number of aliphatic imine (C=N–C) groups is 1. The molecule has 3 rings (SSSR count).